The van der Waals surface area contributed by atoms with Gasteiger partial charge in [-0.15, -0.1) is 0 Å². The molecule has 6 nitrogen and oxygen atoms in total. The van der Waals surface area contributed by atoms with Crippen LogP contribution >= 0.6 is 7.37 Å². The quantitative estimate of drug-likeness (QED) is 0.349. The monoisotopic (exact) mass is 513 g/mol. The van der Waals surface area contributed by atoms with Crippen LogP contribution in [0, 0.1) is 6.92 Å². The molecule has 0 aliphatic carbocycles. The van der Waals surface area contributed by atoms with Gasteiger partial charge in [0.1, 0.15) is 18.9 Å². The van der Waals surface area contributed by atoms with E-state index < -0.39 is 57.4 Å². The van der Waals surface area contributed by atoms with Crippen molar-refractivity contribution < 1.29 is 50.1 Å². The first-order valence-electron chi connectivity index (χ1n) is 9.70. The largest absolute Gasteiger partial charge is 0.484 e. The fraction of sp³-hybridized carbons (Fsp3) is 0.381. The maximum absolute atomic E-state index is 13.0. The molecule has 0 fully saturated rings. The Bertz CT molecular complexity index is 1050. The van der Waals surface area contributed by atoms with Gasteiger partial charge < -0.3 is 14.4 Å². The summed E-state index contributed by atoms with van der Waals surface area (Å²) in [5, 5.41) is 0. The van der Waals surface area contributed by atoms with Crippen LogP contribution in [-0.2, 0) is 28.6 Å². The number of hydrogen-bond acceptors (Lipinski definition) is 4. The number of carbonyl (C=O) groups is 1. The standard InChI is InChI=1S/C21H22F6NO5P/c1-14-8-16(6-7-18(14)21(25,26)27)11-32-19(29)28(12-20(22,23)24)10-15-4-3-5-17(9-15)33-13-34(2,30)31/h3-9H,10-13H2,1-2H3,(H,30,31). The highest BCUT2D eigenvalue weighted by molar-refractivity contribution is 7.56. The molecule has 2 aromatic carbocycles. The van der Waals surface area contributed by atoms with Crippen LogP contribution in [0.3, 0.4) is 0 Å². The second-order valence-electron chi connectivity index (χ2n) is 7.64. The van der Waals surface area contributed by atoms with Gasteiger partial charge in [-0.25, -0.2) is 4.79 Å². The van der Waals surface area contributed by atoms with E-state index in [9.17, 15) is 40.6 Å². The van der Waals surface area contributed by atoms with Crippen LogP contribution in [0.2, 0.25) is 0 Å². The Kier molecular flexibility index (Phi) is 8.65. The molecule has 0 bridgehead atoms. The molecule has 34 heavy (non-hydrogen) atoms. The Hall–Kier alpha value is -2.72. The number of amides is 1. The minimum Gasteiger partial charge on any atom is -0.484 e. The zero-order chi connectivity index (χ0) is 25.7. The van der Waals surface area contributed by atoms with Crippen molar-refractivity contribution >= 4 is 13.5 Å². The van der Waals surface area contributed by atoms with E-state index in [2.05, 4.69) is 0 Å². The first-order valence-corrected chi connectivity index (χ1v) is 12.0. The van der Waals surface area contributed by atoms with Gasteiger partial charge in [0.15, 0.2) is 6.35 Å². The van der Waals surface area contributed by atoms with Crippen molar-refractivity contribution in [2.75, 3.05) is 19.6 Å². The van der Waals surface area contributed by atoms with Crippen LogP contribution in [0.1, 0.15) is 22.3 Å². The van der Waals surface area contributed by atoms with Crippen LogP contribution in [0.15, 0.2) is 42.5 Å². The number of alkyl halides is 6. The third-order valence-corrected chi connectivity index (χ3v) is 4.94. The van der Waals surface area contributed by atoms with E-state index in [0.717, 1.165) is 24.9 Å². The van der Waals surface area contributed by atoms with Gasteiger partial charge in [0.05, 0.1) is 5.56 Å². The highest BCUT2D eigenvalue weighted by Crippen LogP contribution is 2.35. The van der Waals surface area contributed by atoms with Gasteiger partial charge in [-0.1, -0.05) is 24.3 Å². The highest BCUT2D eigenvalue weighted by atomic mass is 31.2. The summed E-state index contributed by atoms with van der Waals surface area (Å²) < 4.78 is 99.1. The second-order valence-corrected chi connectivity index (χ2v) is 10.0. The molecular weight excluding hydrogens is 491 g/mol. The van der Waals surface area contributed by atoms with Crippen molar-refractivity contribution in [3.8, 4) is 5.75 Å². The second kappa shape index (κ2) is 10.7. The van der Waals surface area contributed by atoms with Gasteiger partial charge in [-0.05, 0) is 41.8 Å². The number of halogens is 6. The Morgan fingerprint density at radius 3 is 2.29 bits per heavy atom. The average Bonchev–Trinajstić information content (AvgIpc) is 2.68. The smallest absolute Gasteiger partial charge is 0.416 e. The zero-order valence-corrected chi connectivity index (χ0v) is 19.0. The maximum atomic E-state index is 13.0. The summed E-state index contributed by atoms with van der Waals surface area (Å²) in [5.74, 6) is 0.120. The summed E-state index contributed by atoms with van der Waals surface area (Å²) in [6, 6.07) is 8.62. The lowest BCUT2D eigenvalue weighted by Crippen LogP contribution is -2.38. The summed E-state index contributed by atoms with van der Waals surface area (Å²) in [6.07, 6.45) is -11.1. The highest BCUT2D eigenvalue weighted by Gasteiger charge is 2.34. The lowest BCUT2D eigenvalue weighted by atomic mass is 10.1. The van der Waals surface area contributed by atoms with Crippen molar-refractivity contribution in [2.24, 2.45) is 0 Å². The van der Waals surface area contributed by atoms with Gasteiger partial charge in [-0.3, -0.25) is 9.46 Å². The van der Waals surface area contributed by atoms with E-state index in [1.807, 2.05) is 0 Å². The molecule has 1 N–H and O–H groups in total. The van der Waals surface area contributed by atoms with Crippen LogP contribution < -0.4 is 4.74 Å². The first kappa shape index (κ1) is 27.5. The molecule has 13 heteroatoms. The van der Waals surface area contributed by atoms with Gasteiger partial charge in [0.2, 0.25) is 7.37 Å². The normalized spacial score (nSPS) is 13.8. The fourth-order valence-electron chi connectivity index (χ4n) is 2.92. The topological polar surface area (TPSA) is 76.1 Å². The van der Waals surface area contributed by atoms with Crippen LogP contribution in [0.25, 0.3) is 0 Å². The number of benzene rings is 2. The van der Waals surface area contributed by atoms with Crippen LogP contribution in [0.4, 0.5) is 31.1 Å². The molecule has 0 aromatic heterocycles. The van der Waals surface area contributed by atoms with Crippen molar-refractivity contribution in [2.45, 2.75) is 32.4 Å². The molecule has 0 spiro atoms. The molecule has 0 saturated heterocycles. The average molecular weight is 513 g/mol. The predicted octanol–water partition coefficient (Wildman–Crippen LogP) is 5.95. The van der Waals surface area contributed by atoms with E-state index in [0.29, 0.717) is 4.90 Å². The summed E-state index contributed by atoms with van der Waals surface area (Å²) in [4.78, 5) is 22.1. The van der Waals surface area contributed by atoms with Crippen molar-refractivity contribution in [3.05, 3.63) is 64.7 Å². The number of aryl methyl sites for hydroxylation is 1. The molecule has 1 unspecified atom stereocenters. The van der Waals surface area contributed by atoms with Gasteiger partial charge in [-0.2, -0.15) is 26.3 Å². The molecule has 0 aliphatic rings. The molecule has 0 heterocycles. The van der Waals surface area contributed by atoms with E-state index in [-0.39, 0.29) is 22.4 Å². The Morgan fingerprint density at radius 1 is 1.06 bits per heavy atom. The SMILES string of the molecule is Cc1cc(COC(=O)N(Cc2cccc(OCP(C)(=O)O)c2)CC(F)(F)F)ccc1C(F)(F)F. The number of hydrogen-bond donors (Lipinski definition) is 1. The van der Waals surface area contributed by atoms with E-state index in [4.69, 9.17) is 9.47 Å². The van der Waals surface area contributed by atoms with Gasteiger partial charge in [0.25, 0.3) is 0 Å². The molecule has 188 valence electrons. The molecule has 1 atom stereocenters. The van der Waals surface area contributed by atoms with Crippen molar-refractivity contribution in [1.82, 2.24) is 4.90 Å². The Morgan fingerprint density at radius 2 is 1.74 bits per heavy atom. The Labute approximate surface area is 191 Å². The van der Waals surface area contributed by atoms with Crippen molar-refractivity contribution in [3.63, 3.8) is 0 Å². The molecule has 2 aromatic rings. The molecule has 1 amide bonds. The molecule has 2 rings (SSSR count). The lowest BCUT2D eigenvalue weighted by molar-refractivity contribution is -0.143. The van der Waals surface area contributed by atoms with Crippen molar-refractivity contribution in [1.29, 1.82) is 0 Å². The third-order valence-electron chi connectivity index (χ3n) is 4.33. The van der Waals surface area contributed by atoms with E-state index in [1.165, 1.54) is 31.2 Å². The molecule has 0 radical (unpaired) electrons. The third kappa shape index (κ3) is 9.26. The predicted molar refractivity (Wildman–Crippen MR) is 111 cm³/mol. The molecule has 0 saturated carbocycles. The summed E-state index contributed by atoms with van der Waals surface area (Å²) in [7, 11) is -3.49. The van der Waals surface area contributed by atoms with E-state index in [1.54, 1.807) is 0 Å². The first-order chi connectivity index (χ1) is 15.5. The lowest BCUT2D eigenvalue weighted by Gasteiger charge is -2.24. The zero-order valence-electron chi connectivity index (χ0n) is 18.1. The van der Waals surface area contributed by atoms with Crippen LogP contribution in [0.5, 0.6) is 5.75 Å². The maximum Gasteiger partial charge on any atom is 0.416 e. The minimum absolute atomic E-state index is 0.120. The van der Waals surface area contributed by atoms with E-state index >= 15 is 0 Å². The summed E-state index contributed by atoms with van der Waals surface area (Å²) >= 11 is 0. The fourth-order valence-corrected chi connectivity index (χ4v) is 3.31. The molecule has 0 aliphatic heterocycles. The van der Waals surface area contributed by atoms with Gasteiger partial charge in [0, 0.05) is 13.2 Å². The summed E-state index contributed by atoms with van der Waals surface area (Å²) in [5.41, 5.74) is -0.587. The Balaban J connectivity index is 2.12. The minimum atomic E-state index is -4.75. The number of rotatable bonds is 8. The number of ether oxygens (including phenoxy) is 2. The number of carbonyl (C=O) groups excluding carboxylic acids is 1. The van der Waals surface area contributed by atoms with Gasteiger partial charge >= 0.3 is 18.4 Å². The summed E-state index contributed by atoms with van der Waals surface area (Å²) in [6.45, 7) is -0.394. The molecular formula is C21H22F6NO5P. The number of nitrogens with zero attached hydrogens (tertiary/aromatic N) is 1. The van der Waals surface area contributed by atoms with Crippen LogP contribution in [-0.4, -0.2) is 41.6 Å².